The van der Waals surface area contributed by atoms with Crippen molar-refractivity contribution in [1.82, 2.24) is 10.2 Å². The van der Waals surface area contributed by atoms with Crippen molar-refractivity contribution in [1.29, 1.82) is 0 Å². The number of benzene rings is 3. The van der Waals surface area contributed by atoms with Crippen LogP contribution in [-0.2, 0) is 0 Å². The second-order valence-corrected chi connectivity index (χ2v) is 7.68. The quantitative estimate of drug-likeness (QED) is 0.312. The van der Waals surface area contributed by atoms with Crippen LogP contribution in [0.3, 0.4) is 0 Å². The standard InChI is InChI=1S/C25H20Cl2N2O3/c1-30-22-12-15(13-23(31-2)25(22)32-3)18-14-21(16-8-4-6-10-19(16)26)28-29-24(18)17-9-5-7-11-20(17)27/h4-14H,1-3H3. The van der Waals surface area contributed by atoms with Gasteiger partial charge in [-0.15, -0.1) is 10.2 Å². The van der Waals surface area contributed by atoms with Gasteiger partial charge in [0.15, 0.2) is 11.5 Å². The third kappa shape index (κ3) is 4.09. The van der Waals surface area contributed by atoms with Gasteiger partial charge in [0.25, 0.3) is 0 Å². The molecule has 7 heteroatoms. The van der Waals surface area contributed by atoms with Crippen molar-refractivity contribution in [3.05, 3.63) is 76.8 Å². The van der Waals surface area contributed by atoms with Gasteiger partial charge in [0.2, 0.25) is 5.75 Å². The first-order valence-corrected chi connectivity index (χ1v) is 10.5. The Bertz CT molecular complexity index is 1250. The molecule has 0 atom stereocenters. The molecule has 0 unspecified atom stereocenters. The van der Waals surface area contributed by atoms with Crippen molar-refractivity contribution in [2.75, 3.05) is 21.3 Å². The number of nitrogens with zero attached hydrogens (tertiary/aromatic N) is 2. The van der Waals surface area contributed by atoms with Gasteiger partial charge in [-0.1, -0.05) is 59.6 Å². The van der Waals surface area contributed by atoms with Gasteiger partial charge in [-0.3, -0.25) is 0 Å². The Morgan fingerprint density at radius 2 is 1.19 bits per heavy atom. The maximum absolute atomic E-state index is 6.51. The van der Waals surface area contributed by atoms with Gasteiger partial charge >= 0.3 is 0 Å². The highest BCUT2D eigenvalue weighted by Crippen LogP contribution is 2.44. The number of ether oxygens (including phenoxy) is 3. The number of methoxy groups -OCH3 is 3. The second-order valence-electron chi connectivity index (χ2n) is 6.87. The SMILES string of the molecule is COc1cc(-c2cc(-c3ccccc3Cl)nnc2-c2ccccc2Cl)cc(OC)c1OC. The maximum atomic E-state index is 6.51. The van der Waals surface area contributed by atoms with Gasteiger partial charge in [0.05, 0.1) is 37.1 Å². The molecule has 0 aliphatic rings. The zero-order chi connectivity index (χ0) is 22.7. The van der Waals surface area contributed by atoms with E-state index in [0.717, 1.165) is 22.3 Å². The fourth-order valence-electron chi connectivity index (χ4n) is 3.50. The van der Waals surface area contributed by atoms with E-state index in [4.69, 9.17) is 37.4 Å². The zero-order valence-electron chi connectivity index (χ0n) is 17.7. The number of hydrogen-bond donors (Lipinski definition) is 0. The smallest absolute Gasteiger partial charge is 0.203 e. The highest BCUT2D eigenvalue weighted by molar-refractivity contribution is 6.33. The summed E-state index contributed by atoms with van der Waals surface area (Å²) in [5.41, 5.74) is 4.40. The molecule has 4 rings (SSSR count). The van der Waals surface area contributed by atoms with Gasteiger partial charge in [-0.2, -0.15) is 0 Å². The molecule has 0 saturated carbocycles. The molecule has 0 aliphatic heterocycles. The maximum Gasteiger partial charge on any atom is 0.203 e. The average Bonchev–Trinajstić information content (AvgIpc) is 2.83. The minimum atomic E-state index is 0.506. The third-order valence-electron chi connectivity index (χ3n) is 5.05. The number of halogens is 2. The Hall–Kier alpha value is -3.28. The van der Waals surface area contributed by atoms with E-state index < -0.39 is 0 Å². The molecule has 32 heavy (non-hydrogen) atoms. The topological polar surface area (TPSA) is 53.5 Å². The molecule has 0 N–H and O–H groups in total. The first kappa shape index (κ1) is 21.9. The molecule has 5 nitrogen and oxygen atoms in total. The Kier molecular flexibility index (Phi) is 6.49. The van der Waals surface area contributed by atoms with Gasteiger partial charge in [-0.25, -0.2) is 0 Å². The van der Waals surface area contributed by atoms with Gasteiger partial charge < -0.3 is 14.2 Å². The summed E-state index contributed by atoms with van der Waals surface area (Å²) >= 11 is 12.9. The van der Waals surface area contributed by atoms with E-state index in [1.165, 1.54) is 0 Å². The van der Waals surface area contributed by atoms with E-state index >= 15 is 0 Å². The molecule has 0 bridgehead atoms. The van der Waals surface area contributed by atoms with Crippen molar-refractivity contribution < 1.29 is 14.2 Å². The lowest BCUT2D eigenvalue weighted by Gasteiger charge is -2.16. The van der Waals surface area contributed by atoms with E-state index in [-0.39, 0.29) is 0 Å². The van der Waals surface area contributed by atoms with Crippen LogP contribution in [0.25, 0.3) is 33.6 Å². The van der Waals surface area contributed by atoms with Crippen LogP contribution in [0.4, 0.5) is 0 Å². The lowest BCUT2D eigenvalue weighted by molar-refractivity contribution is 0.324. The Balaban J connectivity index is 2.01. The number of aromatic nitrogens is 2. The van der Waals surface area contributed by atoms with Crippen LogP contribution in [0.2, 0.25) is 10.0 Å². The molecule has 0 fully saturated rings. The molecule has 1 heterocycles. The van der Waals surface area contributed by atoms with Crippen molar-refractivity contribution in [2.24, 2.45) is 0 Å². The van der Waals surface area contributed by atoms with Gasteiger partial charge in [0, 0.05) is 16.7 Å². The van der Waals surface area contributed by atoms with Crippen LogP contribution in [-0.4, -0.2) is 31.5 Å². The van der Waals surface area contributed by atoms with Crippen LogP contribution in [0.15, 0.2) is 66.7 Å². The van der Waals surface area contributed by atoms with Crippen LogP contribution >= 0.6 is 23.2 Å². The van der Waals surface area contributed by atoms with Gasteiger partial charge in [-0.05, 0) is 35.9 Å². The minimum Gasteiger partial charge on any atom is -0.493 e. The predicted molar refractivity (Wildman–Crippen MR) is 128 cm³/mol. The molecule has 0 radical (unpaired) electrons. The lowest BCUT2D eigenvalue weighted by Crippen LogP contribution is -1.99. The molecular weight excluding hydrogens is 447 g/mol. The summed E-state index contributed by atoms with van der Waals surface area (Å²) in [6.07, 6.45) is 0. The fraction of sp³-hybridized carbons (Fsp3) is 0.120. The lowest BCUT2D eigenvalue weighted by atomic mass is 9.97. The van der Waals surface area contributed by atoms with Crippen molar-refractivity contribution in [3.8, 4) is 50.9 Å². The molecule has 0 amide bonds. The van der Waals surface area contributed by atoms with E-state index in [1.54, 1.807) is 21.3 Å². The number of rotatable bonds is 6. The summed E-state index contributed by atoms with van der Waals surface area (Å²) in [6.45, 7) is 0. The van der Waals surface area contributed by atoms with Gasteiger partial charge in [0.1, 0.15) is 5.69 Å². The highest BCUT2D eigenvalue weighted by Gasteiger charge is 2.20. The zero-order valence-corrected chi connectivity index (χ0v) is 19.2. The van der Waals surface area contributed by atoms with Crippen LogP contribution in [0, 0.1) is 0 Å². The average molecular weight is 467 g/mol. The predicted octanol–water partition coefficient (Wildman–Crippen LogP) is 6.81. The summed E-state index contributed by atoms with van der Waals surface area (Å²) in [5.74, 6) is 1.57. The van der Waals surface area contributed by atoms with Crippen LogP contribution in [0.1, 0.15) is 0 Å². The normalized spacial score (nSPS) is 10.7. The molecule has 1 aromatic heterocycles. The molecule has 0 aliphatic carbocycles. The monoisotopic (exact) mass is 466 g/mol. The molecule has 162 valence electrons. The highest BCUT2D eigenvalue weighted by atomic mass is 35.5. The largest absolute Gasteiger partial charge is 0.493 e. The van der Waals surface area contributed by atoms with Crippen molar-refractivity contribution >= 4 is 23.2 Å². The Morgan fingerprint density at radius 3 is 1.72 bits per heavy atom. The molecule has 3 aromatic carbocycles. The van der Waals surface area contributed by atoms with Crippen molar-refractivity contribution in [3.63, 3.8) is 0 Å². The number of hydrogen-bond acceptors (Lipinski definition) is 5. The summed E-state index contributed by atoms with van der Waals surface area (Å²) in [4.78, 5) is 0. The summed E-state index contributed by atoms with van der Waals surface area (Å²) < 4.78 is 16.6. The van der Waals surface area contributed by atoms with Crippen molar-refractivity contribution in [2.45, 2.75) is 0 Å². The molecule has 4 aromatic rings. The third-order valence-corrected chi connectivity index (χ3v) is 5.71. The Labute approximate surface area is 196 Å². The summed E-state index contributed by atoms with van der Waals surface area (Å²) in [6, 6.07) is 20.7. The van der Waals surface area contributed by atoms with E-state index in [2.05, 4.69) is 10.2 Å². The summed E-state index contributed by atoms with van der Waals surface area (Å²) in [7, 11) is 4.73. The molecule has 0 saturated heterocycles. The van der Waals surface area contributed by atoms with E-state index in [0.29, 0.717) is 38.7 Å². The van der Waals surface area contributed by atoms with E-state index in [9.17, 15) is 0 Å². The van der Waals surface area contributed by atoms with Crippen LogP contribution < -0.4 is 14.2 Å². The summed E-state index contributed by atoms with van der Waals surface area (Å²) in [5, 5.41) is 10.2. The fourth-order valence-corrected chi connectivity index (χ4v) is 3.96. The second kappa shape index (κ2) is 9.47. The Morgan fingerprint density at radius 1 is 0.625 bits per heavy atom. The minimum absolute atomic E-state index is 0.506. The first-order chi connectivity index (χ1) is 15.6. The van der Waals surface area contributed by atoms with E-state index in [1.807, 2.05) is 66.7 Å². The van der Waals surface area contributed by atoms with Crippen LogP contribution in [0.5, 0.6) is 17.2 Å². The first-order valence-electron chi connectivity index (χ1n) is 9.75. The molecular formula is C25H20Cl2N2O3. The molecule has 0 spiro atoms.